The summed E-state index contributed by atoms with van der Waals surface area (Å²) < 4.78 is 0. The lowest BCUT2D eigenvalue weighted by Gasteiger charge is -2.31. The van der Waals surface area contributed by atoms with Gasteiger partial charge in [0, 0.05) is 12.8 Å². The fourth-order valence-electron chi connectivity index (χ4n) is 2.74. The standard InChI is InChI=1S/C11H17NO2/c13-10-6-9(7-11(14)12-10)8-4-2-1-3-5-8/h8-9H,1-7H2,(H,12,13,14). The summed E-state index contributed by atoms with van der Waals surface area (Å²) in [5, 5.41) is 2.37. The Hall–Kier alpha value is -0.860. The molecule has 1 heterocycles. The second-order valence-corrected chi connectivity index (χ2v) is 4.54. The maximum atomic E-state index is 11.2. The molecule has 0 unspecified atom stereocenters. The lowest BCUT2D eigenvalue weighted by atomic mass is 9.76. The molecule has 1 saturated heterocycles. The van der Waals surface area contributed by atoms with Crippen molar-refractivity contribution >= 4 is 11.8 Å². The Bertz CT molecular complexity index is 228. The van der Waals surface area contributed by atoms with E-state index in [-0.39, 0.29) is 11.8 Å². The van der Waals surface area contributed by atoms with Crippen LogP contribution in [0.15, 0.2) is 0 Å². The van der Waals surface area contributed by atoms with Gasteiger partial charge in [0.15, 0.2) is 0 Å². The number of carbonyl (C=O) groups excluding carboxylic acids is 2. The van der Waals surface area contributed by atoms with E-state index < -0.39 is 0 Å². The fraction of sp³-hybridized carbons (Fsp3) is 0.818. The molecule has 0 atom stereocenters. The third-order valence-electron chi connectivity index (χ3n) is 3.49. The van der Waals surface area contributed by atoms with E-state index >= 15 is 0 Å². The van der Waals surface area contributed by atoms with Crippen LogP contribution in [0.4, 0.5) is 0 Å². The van der Waals surface area contributed by atoms with E-state index in [9.17, 15) is 9.59 Å². The number of nitrogens with one attached hydrogen (secondary N) is 1. The van der Waals surface area contributed by atoms with Crippen LogP contribution in [-0.2, 0) is 9.59 Å². The van der Waals surface area contributed by atoms with Crippen molar-refractivity contribution in [1.82, 2.24) is 5.32 Å². The van der Waals surface area contributed by atoms with Crippen LogP contribution < -0.4 is 5.32 Å². The first-order valence-corrected chi connectivity index (χ1v) is 5.58. The minimum atomic E-state index is -0.0724. The third-order valence-corrected chi connectivity index (χ3v) is 3.49. The van der Waals surface area contributed by atoms with E-state index in [1.165, 1.54) is 32.1 Å². The molecular formula is C11H17NO2. The second-order valence-electron chi connectivity index (χ2n) is 4.54. The Kier molecular flexibility index (Phi) is 2.85. The zero-order valence-electron chi connectivity index (χ0n) is 8.42. The number of imide groups is 1. The van der Waals surface area contributed by atoms with Crippen LogP contribution in [0.25, 0.3) is 0 Å². The highest BCUT2D eigenvalue weighted by Gasteiger charge is 2.31. The zero-order valence-corrected chi connectivity index (χ0v) is 8.42. The molecule has 14 heavy (non-hydrogen) atoms. The number of hydrogen-bond acceptors (Lipinski definition) is 2. The normalized spacial score (nSPS) is 26.3. The van der Waals surface area contributed by atoms with E-state index in [0.717, 1.165) is 0 Å². The zero-order chi connectivity index (χ0) is 9.97. The largest absolute Gasteiger partial charge is 0.296 e. The molecule has 2 fully saturated rings. The van der Waals surface area contributed by atoms with Crippen LogP contribution in [0.5, 0.6) is 0 Å². The molecule has 3 heteroatoms. The van der Waals surface area contributed by atoms with Crippen molar-refractivity contribution in [2.24, 2.45) is 11.8 Å². The second kappa shape index (κ2) is 4.11. The van der Waals surface area contributed by atoms with E-state index in [1.54, 1.807) is 0 Å². The van der Waals surface area contributed by atoms with Crippen molar-refractivity contribution in [3.63, 3.8) is 0 Å². The van der Waals surface area contributed by atoms with Crippen LogP contribution in [0, 0.1) is 11.8 Å². The summed E-state index contributed by atoms with van der Waals surface area (Å²) in [7, 11) is 0. The highest BCUT2D eigenvalue weighted by Crippen LogP contribution is 2.34. The molecule has 3 nitrogen and oxygen atoms in total. The lowest BCUT2D eigenvalue weighted by Crippen LogP contribution is -2.41. The van der Waals surface area contributed by atoms with Crippen LogP contribution in [0.3, 0.4) is 0 Å². The Morgan fingerprint density at radius 3 is 2.00 bits per heavy atom. The summed E-state index contributed by atoms with van der Waals surface area (Å²) >= 11 is 0. The Morgan fingerprint density at radius 1 is 0.857 bits per heavy atom. The first-order chi connectivity index (χ1) is 6.75. The molecule has 78 valence electrons. The monoisotopic (exact) mass is 195 g/mol. The SMILES string of the molecule is O=C1CC(C2CCCCC2)CC(=O)N1. The highest BCUT2D eigenvalue weighted by molar-refractivity contribution is 5.97. The Morgan fingerprint density at radius 2 is 1.43 bits per heavy atom. The van der Waals surface area contributed by atoms with Gasteiger partial charge in [0.2, 0.25) is 11.8 Å². The van der Waals surface area contributed by atoms with Gasteiger partial charge in [0.1, 0.15) is 0 Å². The van der Waals surface area contributed by atoms with E-state index in [4.69, 9.17) is 0 Å². The summed E-state index contributed by atoms with van der Waals surface area (Å²) in [6, 6.07) is 0. The average molecular weight is 195 g/mol. The molecule has 0 bridgehead atoms. The van der Waals surface area contributed by atoms with Gasteiger partial charge in [-0.1, -0.05) is 32.1 Å². The number of carbonyl (C=O) groups is 2. The lowest BCUT2D eigenvalue weighted by molar-refractivity contribution is -0.135. The van der Waals surface area contributed by atoms with E-state index in [0.29, 0.717) is 24.7 Å². The molecule has 1 N–H and O–H groups in total. The topological polar surface area (TPSA) is 46.2 Å². The van der Waals surface area contributed by atoms with E-state index in [2.05, 4.69) is 5.32 Å². The molecule has 1 saturated carbocycles. The minimum absolute atomic E-state index is 0.0724. The van der Waals surface area contributed by atoms with Crippen molar-refractivity contribution in [2.75, 3.05) is 0 Å². The maximum absolute atomic E-state index is 11.2. The molecule has 0 aromatic heterocycles. The van der Waals surface area contributed by atoms with Gasteiger partial charge in [0.25, 0.3) is 0 Å². The molecule has 0 spiro atoms. The Labute approximate surface area is 84.2 Å². The average Bonchev–Trinajstić information content (AvgIpc) is 2.18. The van der Waals surface area contributed by atoms with Crippen LogP contribution in [-0.4, -0.2) is 11.8 Å². The van der Waals surface area contributed by atoms with Gasteiger partial charge in [0.05, 0.1) is 0 Å². The van der Waals surface area contributed by atoms with Gasteiger partial charge in [-0.05, 0) is 11.8 Å². The van der Waals surface area contributed by atoms with Gasteiger partial charge >= 0.3 is 0 Å². The first kappa shape index (κ1) is 9.69. The van der Waals surface area contributed by atoms with Crippen LogP contribution in [0.1, 0.15) is 44.9 Å². The van der Waals surface area contributed by atoms with Crippen molar-refractivity contribution in [1.29, 1.82) is 0 Å². The molecule has 2 rings (SSSR count). The number of hydrogen-bond donors (Lipinski definition) is 1. The summed E-state index contributed by atoms with van der Waals surface area (Å²) in [5.74, 6) is 0.809. The molecule has 0 aromatic carbocycles. The van der Waals surface area contributed by atoms with Gasteiger partial charge in [-0.15, -0.1) is 0 Å². The molecule has 1 aliphatic carbocycles. The van der Waals surface area contributed by atoms with Gasteiger partial charge in [-0.25, -0.2) is 0 Å². The summed E-state index contributed by atoms with van der Waals surface area (Å²) in [5.41, 5.74) is 0. The summed E-state index contributed by atoms with van der Waals surface area (Å²) in [6.07, 6.45) is 7.43. The van der Waals surface area contributed by atoms with E-state index in [1.807, 2.05) is 0 Å². The van der Waals surface area contributed by atoms with Crippen LogP contribution in [0.2, 0.25) is 0 Å². The molecular weight excluding hydrogens is 178 g/mol. The number of amides is 2. The number of rotatable bonds is 1. The molecule has 2 aliphatic rings. The highest BCUT2D eigenvalue weighted by atomic mass is 16.2. The first-order valence-electron chi connectivity index (χ1n) is 5.58. The smallest absolute Gasteiger partial charge is 0.226 e. The molecule has 1 aliphatic heterocycles. The summed E-state index contributed by atoms with van der Waals surface area (Å²) in [4.78, 5) is 22.4. The predicted octanol–water partition coefficient (Wildman–Crippen LogP) is 1.62. The minimum Gasteiger partial charge on any atom is -0.296 e. The van der Waals surface area contributed by atoms with Gasteiger partial charge < -0.3 is 0 Å². The maximum Gasteiger partial charge on any atom is 0.226 e. The van der Waals surface area contributed by atoms with Crippen molar-refractivity contribution in [2.45, 2.75) is 44.9 Å². The predicted molar refractivity (Wildman–Crippen MR) is 52.4 cm³/mol. The fourth-order valence-corrected chi connectivity index (χ4v) is 2.74. The van der Waals surface area contributed by atoms with Crippen molar-refractivity contribution in [3.8, 4) is 0 Å². The molecule has 0 radical (unpaired) electrons. The third kappa shape index (κ3) is 2.14. The Balaban J connectivity index is 1.95. The summed E-state index contributed by atoms with van der Waals surface area (Å²) in [6.45, 7) is 0. The van der Waals surface area contributed by atoms with Crippen molar-refractivity contribution in [3.05, 3.63) is 0 Å². The van der Waals surface area contributed by atoms with Gasteiger partial charge in [-0.3, -0.25) is 14.9 Å². The number of piperidine rings is 1. The quantitative estimate of drug-likeness (QED) is 0.646. The van der Waals surface area contributed by atoms with Gasteiger partial charge in [-0.2, -0.15) is 0 Å². The van der Waals surface area contributed by atoms with Crippen molar-refractivity contribution < 1.29 is 9.59 Å². The van der Waals surface area contributed by atoms with Crippen LogP contribution >= 0.6 is 0 Å². The molecule has 0 aromatic rings. The molecule has 2 amide bonds.